The predicted molar refractivity (Wildman–Crippen MR) is 94.2 cm³/mol. The maximum Gasteiger partial charge on any atom is 0.216 e. The van der Waals surface area contributed by atoms with Crippen LogP contribution in [0.1, 0.15) is 52.9 Å². The number of amides is 1. The Morgan fingerprint density at radius 3 is 2.18 bits per heavy atom. The number of nitrogens with one attached hydrogen (secondary N) is 1. The minimum absolute atomic E-state index is 0.00463. The van der Waals surface area contributed by atoms with Crippen molar-refractivity contribution in [3.05, 3.63) is 0 Å². The Morgan fingerprint density at radius 1 is 1.27 bits per heavy atom. The first-order chi connectivity index (χ1) is 10.5. The Labute approximate surface area is 137 Å². The van der Waals surface area contributed by atoms with Crippen LogP contribution >= 0.6 is 0 Å². The Morgan fingerprint density at radius 2 is 1.77 bits per heavy atom. The third kappa shape index (κ3) is 14.0. The standard InChI is InChI=1S/C12H24N2O.C3H7NO.C2H6/c1-13-9-6-12(7-10-13)14(2)8-4-3-5-11-15;1-3(5)4-2;1-2/h11-12H,3-10H2,1-2H3;1-2H3,(H,4,5);1-2H3. The summed E-state index contributed by atoms with van der Waals surface area (Å²) in [5.41, 5.74) is 0. The first kappa shape index (κ1) is 23.3. The van der Waals surface area contributed by atoms with E-state index < -0.39 is 0 Å². The van der Waals surface area contributed by atoms with Crippen molar-refractivity contribution in [2.45, 2.75) is 58.9 Å². The summed E-state index contributed by atoms with van der Waals surface area (Å²) in [5.74, 6) is 0.00463. The van der Waals surface area contributed by atoms with Crippen LogP contribution in [0.4, 0.5) is 0 Å². The van der Waals surface area contributed by atoms with Crippen molar-refractivity contribution in [3.8, 4) is 0 Å². The molecule has 1 fully saturated rings. The molecule has 1 heterocycles. The minimum Gasteiger partial charge on any atom is -0.359 e. The van der Waals surface area contributed by atoms with Gasteiger partial charge in [0, 0.05) is 26.4 Å². The van der Waals surface area contributed by atoms with E-state index in [1.54, 1.807) is 7.05 Å². The summed E-state index contributed by atoms with van der Waals surface area (Å²) in [6.45, 7) is 9.06. The van der Waals surface area contributed by atoms with Crippen molar-refractivity contribution in [3.63, 3.8) is 0 Å². The quantitative estimate of drug-likeness (QED) is 0.603. The fourth-order valence-corrected chi connectivity index (χ4v) is 2.21. The number of carbonyl (C=O) groups excluding carboxylic acids is 2. The molecule has 1 saturated heterocycles. The Hall–Kier alpha value is -0.940. The van der Waals surface area contributed by atoms with Crippen LogP contribution in [0.5, 0.6) is 0 Å². The second kappa shape index (κ2) is 16.4. The molecule has 0 aromatic heterocycles. The number of piperidine rings is 1. The maximum absolute atomic E-state index is 10.2. The monoisotopic (exact) mass is 315 g/mol. The van der Waals surface area contributed by atoms with E-state index >= 15 is 0 Å². The number of hydrogen-bond donors (Lipinski definition) is 1. The summed E-state index contributed by atoms with van der Waals surface area (Å²) >= 11 is 0. The highest BCUT2D eigenvalue weighted by Crippen LogP contribution is 2.14. The number of carbonyl (C=O) groups is 2. The van der Waals surface area contributed by atoms with E-state index in [2.05, 4.69) is 29.2 Å². The van der Waals surface area contributed by atoms with Crippen LogP contribution in [0.25, 0.3) is 0 Å². The van der Waals surface area contributed by atoms with Gasteiger partial charge >= 0.3 is 0 Å². The summed E-state index contributed by atoms with van der Waals surface area (Å²) in [6, 6.07) is 0.762. The molecule has 1 N–H and O–H groups in total. The topological polar surface area (TPSA) is 52.6 Å². The van der Waals surface area contributed by atoms with Crippen LogP contribution in [-0.2, 0) is 9.59 Å². The summed E-state index contributed by atoms with van der Waals surface area (Å²) < 4.78 is 0. The van der Waals surface area contributed by atoms with Gasteiger partial charge in [0.25, 0.3) is 0 Å². The van der Waals surface area contributed by atoms with Crippen LogP contribution < -0.4 is 5.32 Å². The number of aldehydes is 1. The predicted octanol–water partition coefficient (Wildman–Crippen LogP) is 2.16. The van der Waals surface area contributed by atoms with Gasteiger partial charge in [-0.05, 0) is 59.4 Å². The fraction of sp³-hybridized carbons (Fsp3) is 0.882. The molecule has 5 nitrogen and oxygen atoms in total. The zero-order valence-corrected chi connectivity index (χ0v) is 15.5. The molecule has 0 spiro atoms. The van der Waals surface area contributed by atoms with Gasteiger partial charge in [-0.1, -0.05) is 13.8 Å². The van der Waals surface area contributed by atoms with Crippen molar-refractivity contribution in [1.29, 1.82) is 0 Å². The van der Waals surface area contributed by atoms with Gasteiger partial charge in [0.2, 0.25) is 5.91 Å². The van der Waals surface area contributed by atoms with Gasteiger partial charge in [0.15, 0.2) is 0 Å². The summed E-state index contributed by atoms with van der Waals surface area (Å²) in [4.78, 5) is 24.7. The van der Waals surface area contributed by atoms with Crippen molar-refractivity contribution in [2.75, 3.05) is 40.8 Å². The van der Waals surface area contributed by atoms with Gasteiger partial charge in [0.1, 0.15) is 6.29 Å². The second-order valence-electron chi connectivity index (χ2n) is 5.48. The average Bonchev–Trinajstić information content (AvgIpc) is 2.54. The van der Waals surface area contributed by atoms with E-state index in [4.69, 9.17) is 0 Å². The van der Waals surface area contributed by atoms with E-state index in [1.165, 1.54) is 32.9 Å². The first-order valence-electron chi connectivity index (χ1n) is 8.52. The molecule has 0 aromatic rings. The largest absolute Gasteiger partial charge is 0.359 e. The van der Waals surface area contributed by atoms with E-state index in [0.717, 1.165) is 38.1 Å². The molecule has 0 aliphatic carbocycles. The fourth-order valence-electron chi connectivity index (χ4n) is 2.21. The second-order valence-corrected chi connectivity index (χ2v) is 5.48. The van der Waals surface area contributed by atoms with Gasteiger partial charge in [-0.25, -0.2) is 0 Å². The molecule has 0 bridgehead atoms. The highest BCUT2D eigenvalue weighted by Gasteiger charge is 2.19. The van der Waals surface area contributed by atoms with Crippen molar-refractivity contribution in [1.82, 2.24) is 15.1 Å². The molecular weight excluding hydrogens is 278 g/mol. The van der Waals surface area contributed by atoms with Crippen LogP contribution in [0.15, 0.2) is 0 Å². The lowest BCUT2D eigenvalue weighted by atomic mass is 10.0. The third-order valence-electron chi connectivity index (χ3n) is 3.75. The van der Waals surface area contributed by atoms with Crippen LogP contribution in [0.3, 0.4) is 0 Å². The summed E-state index contributed by atoms with van der Waals surface area (Å²) in [6.07, 6.45) is 6.53. The van der Waals surface area contributed by atoms with Gasteiger partial charge in [-0.2, -0.15) is 0 Å². The van der Waals surface area contributed by atoms with Crippen LogP contribution in [-0.4, -0.2) is 68.8 Å². The Kier molecular flexibility index (Phi) is 17.4. The number of rotatable bonds is 6. The van der Waals surface area contributed by atoms with Crippen molar-refractivity contribution >= 4 is 12.2 Å². The molecule has 1 rings (SSSR count). The van der Waals surface area contributed by atoms with Crippen molar-refractivity contribution in [2.24, 2.45) is 0 Å². The molecule has 1 amide bonds. The number of nitrogens with zero attached hydrogens (tertiary/aromatic N) is 2. The lowest BCUT2D eigenvalue weighted by molar-refractivity contribution is -0.118. The van der Waals surface area contributed by atoms with Gasteiger partial charge in [-0.15, -0.1) is 0 Å². The zero-order chi connectivity index (χ0) is 17.4. The van der Waals surface area contributed by atoms with Gasteiger partial charge in [-0.3, -0.25) is 4.79 Å². The molecule has 132 valence electrons. The zero-order valence-electron chi connectivity index (χ0n) is 15.5. The molecular formula is C17H37N3O2. The smallest absolute Gasteiger partial charge is 0.216 e. The maximum atomic E-state index is 10.2. The van der Waals surface area contributed by atoms with E-state index in [0.29, 0.717) is 0 Å². The normalized spacial score (nSPS) is 15.2. The highest BCUT2D eigenvalue weighted by molar-refractivity contribution is 5.72. The van der Waals surface area contributed by atoms with Crippen molar-refractivity contribution < 1.29 is 9.59 Å². The van der Waals surface area contributed by atoms with Crippen LogP contribution in [0, 0.1) is 0 Å². The highest BCUT2D eigenvalue weighted by atomic mass is 16.1. The molecule has 22 heavy (non-hydrogen) atoms. The van der Waals surface area contributed by atoms with Gasteiger partial charge < -0.3 is 19.9 Å². The molecule has 1 aliphatic rings. The average molecular weight is 316 g/mol. The molecule has 0 saturated carbocycles. The first-order valence-corrected chi connectivity index (χ1v) is 8.52. The number of likely N-dealkylation sites (tertiary alicyclic amines) is 1. The summed E-state index contributed by atoms with van der Waals surface area (Å²) in [5, 5.41) is 2.39. The minimum atomic E-state index is 0.00463. The Balaban J connectivity index is 0. The third-order valence-corrected chi connectivity index (χ3v) is 3.75. The van der Waals surface area contributed by atoms with Crippen LogP contribution in [0.2, 0.25) is 0 Å². The molecule has 0 radical (unpaired) electrons. The molecule has 1 aliphatic heterocycles. The Bertz CT molecular complexity index is 265. The molecule has 0 atom stereocenters. The lowest BCUT2D eigenvalue weighted by Crippen LogP contribution is -2.42. The molecule has 0 aromatic carbocycles. The van der Waals surface area contributed by atoms with E-state index in [-0.39, 0.29) is 5.91 Å². The number of unbranched alkanes of at least 4 members (excludes halogenated alkanes) is 2. The van der Waals surface area contributed by atoms with Gasteiger partial charge in [0.05, 0.1) is 0 Å². The SMILES string of the molecule is CC.CN1CCC(N(C)CCCCC=O)CC1.CNC(C)=O. The summed E-state index contributed by atoms with van der Waals surface area (Å²) in [7, 11) is 6.01. The molecule has 0 unspecified atom stereocenters. The molecule has 5 heteroatoms. The lowest BCUT2D eigenvalue weighted by Gasteiger charge is -2.35. The number of hydrogen-bond acceptors (Lipinski definition) is 4. The van der Waals surface area contributed by atoms with E-state index in [1.807, 2.05) is 13.8 Å². The van der Waals surface area contributed by atoms with E-state index in [9.17, 15) is 9.59 Å².